The van der Waals surface area contributed by atoms with Crippen molar-refractivity contribution in [2.75, 3.05) is 11.1 Å². The van der Waals surface area contributed by atoms with E-state index >= 15 is 0 Å². The average Bonchev–Trinajstić information content (AvgIpc) is 2.32. The second kappa shape index (κ2) is 3.25. The Morgan fingerprint density at radius 3 is 3.00 bits per heavy atom. The maximum atomic E-state index is 10.7. The van der Waals surface area contributed by atoms with Crippen molar-refractivity contribution in [2.24, 2.45) is 0 Å². The molecule has 0 bridgehead atoms. The Morgan fingerprint density at radius 2 is 2.50 bits per heavy atom. The number of hydrogen-bond donors (Lipinski definition) is 2. The van der Waals surface area contributed by atoms with E-state index in [4.69, 9.17) is 5.73 Å². The molecule has 12 heavy (non-hydrogen) atoms. The molecule has 0 aliphatic heterocycles. The van der Waals surface area contributed by atoms with Gasteiger partial charge in [0.2, 0.25) is 5.91 Å². The largest absolute Gasteiger partial charge is 0.381 e. The third-order valence-electron chi connectivity index (χ3n) is 1.50. The zero-order chi connectivity index (χ0) is 9.14. The molecule has 5 nitrogen and oxygen atoms in total. The Labute approximate surface area is 70.6 Å². The molecule has 1 aromatic rings. The first kappa shape index (κ1) is 8.58. The number of carbonyl (C=O) groups excluding carboxylic acids is 1. The Bertz CT molecular complexity index is 292. The summed E-state index contributed by atoms with van der Waals surface area (Å²) in [5, 5.41) is 2.61. The molecule has 0 saturated carbocycles. The molecule has 1 amide bonds. The Morgan fingerprint density at radius 1 is 1.83 bits per heavy atom. The summed E-state index contributed by atoms with van der Waals surface area (Å²) in [7, 11) is 0. The summed E-state index contributed by atoms with van der Waals surface area (Å²) in [5.74, 6) is 0.786. The summed E-state index contributed by atoms with van der Waals surface area (Å²) in [6.45, 7) is 4.12. The van der Waals surface area contributed by atoms with Crippen LogP contribution in [-0.2, 0) is 11.3 Å². The first-order valence-electron chi connectivity index (χ1n) is 3.73. The van der Waals surface area contributed by atoms with Crippen LogP contribution in [0.5, 0.6) is 0 Å². The minimum atomic E-state index is -0.142. The Balaban J connectivity index is 2.94. The molecule has 0 saturated heterocycles. The quantitative estimate of drug-likeness (QED) is 0.673. The minimum Gasteiger partial charge on any atom is -0.381 e. The van der Waals surface area contributed by atoms with Gasteiger partial charge < -0.3 is 15.6 Å². The van der Waals surface area contributed by atoms with E-state index in [1.54, 1.807) is 10.9 Å². The van der Waals surface area contributed by atoms with Gasteiger partial charge in [-0.05, 0) is 6.92 Å². The summed E-state index contributed by atoms with van der Waals surface area (Å²) in [5.41, 5.74) is 5.52. The van der Waals surface area contributed by atoms with E-state index in [-0.39, 0.29) is 5.91 Å². The van der Waals surface area contributed by atoms with Gasteiger partial charge in [-0.15, -0.1) is 0 Å². The number of aromatic nitrogens is 2. The van der Waals surface area contributed by atoms with Crippen molar-refractivity contribution in [3.8, 4) is 0 Å². The summed E-state index contributed by atoms with van der Waals surface area (Å²) >= 11 is 0. The molecule has 0 aliphatic rings. The van der Waals surface area contributed by atoms with Crippen molar-refractivity contribution in [2.45, 2.75) is 20.4 Å². The molecule has 0 atom stereocenters. The van der Waals surface area contributed by atoms with Crippen LogP contribution in [0, 0.1) is 0 Å². The summed E-state index contributed by atoms with van der Waals surface area (Å²) in [6.07, 6.45) is 1.60. The highest BCUT2D eigenvalue weighted by Crippen LogP contribution is 2.15. The van der Waals surface area contributed by atoms with Gasteiger partial charge in [-0.1, -0.05) is 0 Å². The van der Waals surface area contributed by atoms with Gasteiger partial charge in [0.05, 0.1) is 6.33 Å². The summed E-state index contributed by atoms with van der Waals surface area (Å²) in [4.78, 5) is 14.6. The lowest BCUT2D eigenvalue weighted by atomic mass is 10.5. The molecule has 0 aliphatic carbocycles. The van der Waals surface area contributed by atoms with Gasteiger partial charge in [0.1, 0.15) is 0 Å². The molecule has 5 heteroatoms. The normalized spacial score (nSPS) is 9.83. The van der Waals surface area contributed by atoms with E-state index in [0.29, 0.717) is 11.6 Å². The average molecular weight is 168 g/mol. The van der Waals surface area contributed by atoms with Crippen molar-refractivity contribution in [3.63, 3.8) is 0 Å². The standard InChI is InChI=1S/C7H12N4O/c1-3-11-4-9-6(8)7(11)10-5(2)12/h4H,3,8H2,1-2H3,(H,10,12). The molecule has 66 valence electrons. The number of nitrogen functional groups attached to an aromatic ring is 1. The zero-order valence-electron chi connectivity index (χ0n) is 7.16. The number of amides is 1. The van der Waals surface area contributed by atoms with Crippen molar-refractivity contribution >= 4 is 17.5 Å². The predicted molar refractivity (Wildman–Crippen MR) is 46.6 cm³/mol. The first-order valence-corrected chi connectivity index (χ1v) is 3.73. The van der Waals surface area contributed by atoms with Crippen LogP contribution in [0.25, 0.3) is 0 Å². The molecule has 0 fully saturated rings. The maximum Gasteiger partial charge on any atom is 0.222 e. The van der Waals surface area contributed by atoms with E-state index in [1.807, 2.05) is 6.92 Å². The zero-order valence-corrected chi connectivity index (χ0v) is 7.16. The van der Waals surface area contributed by atoms with Crippen molar-refractivity contribution in [1.29, 1.82) is 0 Å². The van der Waals surface area contributed by atoms with E-state index in [0.717, 1.165) is 6.54 Å². The van der Waals surface area contributed by atoms with Crippen LogP contribution in [0.2, 0.25) is 0 Å². The number of nitrogens with two attached hydrogens (primary N) is 1. The molecule has 1 aromatic heterocycles. The smallest absolute Gasteiger partial charge is 0.222 e. The lowest BCUT2D eigenvalue weighted by Crippen LogP contribution is -2.11. The van der Waals surface area contributed by atoms with Crippen LogP contribution in [0.4, 0.5) is 11.6 Å². The van der Waals surface area contributed by atoms with E-state index < -0.39 is 0 Å². The molecule has 0 aromatic carbocycles. The third kappa shape index (κ3) is 1.55. The highest BCUT2D eigenvalue weighted by atomic mass is 16.1. The van der Waals surface area contributed by atoms with Gasteiger partial charge >= 0.3 is 0 Å². The van der Waals surface area contributed by atoms with Crippen LogP contribution in [0.3, 0.4) is 0 Å². The molecular formula is C7H12N4O. The van der Waals surface area contributed by atoms with Gasteiger partial charge in [0.25, 0.3) is 0 Å². The molecule has 1 heterocycles. The monoisotopic (exact) mass is 168 g/mol. The molecule has 3 N–H and O–H groups in total. The summed E-state index contributed by atoms with van der Waals surface area (Å²) < 4.78 is 1.77. The highest BCUT2D eigenvalue weighted by molar-refractivity contribution is 5.90. The maximum absolute atomic E-state index is 10.7. The molecule has 0 unspecified atom stereocenters. The summed E-state index contributed by atoms with van der Waals surface area (Å²) in [6, 6.07) is 0. The topological polar surface area (TPSA) is 72.9 Å². The second-order valence-electron chi connectivity index (χ2n) is 2.45. The van der Waals surface area contributed by atoms with E-state index in [2.05, 4.69) is 10.3 Å². The molecule has 0 radical (unpaired) electrons. The molecular weight excluding hydrogens is 156 g/mol. The Hall–Kier alpha value is -1.52. The van der Waals surface area contributed by atoms with Crippen LogP contribution >= 0.6 is 0 Å². The van der Waals surface area contributed by atoms with E-state index in [1.165, 1.54) is 6.92 Å². The van der Waals surface area contributed by atoms with Gasteiger partial charge in [0, 0.05) is 13.5 Å². The number of imidazole rings is 1. The van der Waals surface area contributed by atoms with Crippen molar-refractivity contribution < 1.29 is 4.79 Å². The third-order valence-corrected chi connectivity index (χ3v) is 1.50. The number of rotatable bonds is 2. The number of carbonyl (C=O) groups is 1. The van der Waals surface area contributed by atoms with Crippen molar-refractivity contribution in [1.82, 2.24) is 9.55 Å². The highest BCUT2D eigenvalue weighted by Gasteiger charge is 2.07. The van der Waals surface area contributed by atoms with Gasteiger partial charge in [-0.25, -0.2) is 4.98 Å². The fraction of sp³-hybridized carbons (Fsp3) is 0.429. The van der Waals surface area contributed by atoms with Crippen LogP contribution in [0.15, 0.2) is 6.33 Å². The fourth-order valence-corrected chi connectivity index (χ4v) is 0.940. The van der Waals surface area contributed by atoms with Crippen molar-refractivity contribution in [3.05, 3.63) is 6.33 Å². The van der Waals surface area contributed by atoms with Gasteiger partial charge in [-0.3, -0.25) is 4.79 Å². The van der Waals surface area contributed by atoms with Crippen LogP contribution in [-0.4, -0.2) is 15.5 Å². The SMILES string of the molecule is CCn1cnc(N)c1NC(C)=O. The number of hydrogen-bond acceptors (Lipinski definition) is 3. The van der Waals surface area contributed by atoms with Gasteiger partial charge in [0.15, 0.2) is 11.6 Å². The van der Waals surface area contributed by atoms with Crippen LogP contribution < -0.4 is 11.1 Å². The number of aryl methyl sites for hydroxylation is 1. The predicted octanol–water partition coefficient (Wildman–Crippen LogP) is 0.444. The van der Waals surface area contributed by atoms with Crippen LogP contribution in [0.1, 0.15) is 13.8 Å². The lowest BCUT2D eigenvalue weighted by Gasteiger charge is -2.05. The Kier molecular flexibility index (Phi) is 2.32. The number of nitrogens with zero attached hydrogens (tertiary/aromatic N) is 2. The van der Waals surface area contributed by atoms with E-state index in [9.17, 15) is 4.79 Å². The second-order valence-corrected chi connectivity index (χ2v) is 2.45. The van der Waals surface area contributed by atoms with Gasteiger partial charge in [-0.2, -0.15) is 0 Å². The molecule has 1 rings (SSSR count). The lowest BCUT2D eigenvalue weighted by molar-refractivity contribution is -0.114. The number of anilines is 2. The minimum absolute atomic E-state index is 0.142. The number of nitrogens with one attached hydrogen (secondary N) is 1. The first-order chi connectivity index (χ1) is 5.65. The molecule has 0 spiro atoms. The fourth-order valence-electron chi connectivity index (χ4n) is 0.940.